The summed E-state index contributed by atoms with van der Waals surface area (Å²) in [5.74, 6) is -0.542. The van der Waals surface area contributed by atoms with Gasteiger partial charge in [0, 0.05) is 10.9 Å². The molecule has 1 aliphatic rings. The Labute approximate surface area is 172 Å². The topological polar surface area (TPSA) is 91.9 Å². The molecule has 150 valence electrons. The Morgan fingerprint density at radius 1 is 1.10 bits per heavy atom. The number of piperazine rings is 1. The van der Waals surface area contributed by atoms with Gasteiger partial charge in [-0.1, -0.05) is 30.3 Å². The highest BCUT2D eigenvalue weighted by molar-refractivity contribution is 7.14. The summed E-state index contributed by atoms with van der Waals surface area (Å²) in [5.41, 5.74) is 6.91. The van der Waals surface area contributed by atoms with Crippen molar-refractivity contribution in [2.75, 3.05) is 37.6 Å². The Hall–Kier alpha value is -3.17. The minimum atomic E-state index is -0.471. The van der Waals surface area contributed by atoms with Crippen LogP contribution in [0.1, 0.15) is 10.6 Å². The molecule has 0 unspecified atom stereocenters. The summed E-state index contributed by atoms with van der Waals surface area (Å²) < 4.78 is 4.98. The molecule has 8 nitrogen and oxygen atoms in total. The summed E-state index contributed by atoms with van der Waals surface area (Å²) in [7, 11) is 0. The zero-order valence-electron chi connectivity index (χ0n) is 15.8. The van der Waals surface area contributed by atoms with Gasteiger partial charge in [-0.25, -0.2) is 4.98 Å². The van der Waals surface area contributed by atoms with Gasteiger partial charge in [0.2, 0.25) is 0 Å². The van der Waals surface area contributed by atoms with E-state index in [0.29, 0.717) is 6.54 Å². The molecule has 0 radical (unpaired) electrons. The molecule has 0 atom stereocenters. The molecule has 3 N–H and O–H groups in total. The smallest absolute Gasteiger partial charge is 0.305 e. The fourth-order valence-electron chi connectivity index (χ4n) is 3.21. The van der Waals surface area contributed by atoms with Crippen LogP contribution in [0.2, 0.25) is 0 Å². The van der Waals surface area contributed by atoms with E-state index in [1.165, 1.54) is 17.2 Å². The Morgan fingerprint density at radius 2 is 1.90 bits per heavy atom. The van der Waals surface area contributed by atoms with Crippen LogP contribution < -0.4 is 20.7 Å². The summed E-state index contributed by atoms with van der Waals surface area (Å²) >= 11 is 1.65. The highest BCUT2D eigenvalue weighted by Crippen LogP contribution is 2.27. The lowest BCUT2D eigenvalue weighted by Crippen LogP contribution is -3.16. The molecule has 0 aliphatic carbocycles. The maximum atomic E-state index is 12.1. The normalized spacial score (nSPS) is 14.6. The van der Waals surface area contributed by atoms with E-state index >= 15 is 0 Å². The molecular weight excluding hydrogens is 390 g/mol. The van der Waals surface area contributed by atoms with Crippen molar-refractivity contribution in [1.82, 2.24) is 15.8 Å². The summed E-state index contributed by atoms with van der Waals surface area (Å²) in [4.78, 5) is 32.1. The van der Waals surface area contributed by atoms with Gasteiger partial charge in [-0.15, -0.1) is 11.3 Å². The molecule has 4 rings (SSSR count). The van der Waals surface area contributed by atoms with Gasteiger partial charge in [0.05, 0.1) is 38.1 Å². The first-order valence-corrected chi connectivity index (χ1v) is 10.3. The van der Waals surface area contributed by atoms with Gasteiger partial charge in [-0.2, -0.15) is 0 Å². The number of nitrogens with zero attached hydrogens (tertiary/aromatic N) is 2. The summed E-state index contributed by atoms with van der Waals surface area (Å²) in [6.07, 6.45) is 1.41. The van der Waals surface area contributed by atoms with Crippen molar-refractivity contribution in [3.05, 3.63) is 59.9 Å². The maximum Gasteiger partial charge on any atom is 0.305 e. The standard InChI is InChI=1S/C20H21N5O3S/c26-18(22-23-19(27)17-7-4-12-28-17)13-24-8-10-25(11-9-24)20-21-16(14-29-20)15-5-2-1-3-6-15/h1-7,12,14H,8-11,13H2,(H,22,26)(H,23,27)/p+1. The number of aromatic nitrogens is 1. The lowest BCUT2D eigenvalue weighted by Gasteiger charge is -2.31. The van der Waals surface area contributed by atoms with Crippen LogP contribution in [0.5, 0.6) is 0 Å². The third kappa shape index (κ3) is 4.82. The predicted molar refractivity (Wildman–Crippen MR) is 110 cm³/mol. The minimum absolute atomic E-state index is 0.157. The number of thiazole rings is 1. The molecule has 1 fully saturated rings. The number of carbonyl (C=O) groups excluding carboxylic acids is 2. The van der Waals surface area contributed by atoms with Crippen molar-refractivity contribution >= 4 is 28.3 Å². The number of anilines is 1. The number of hydrogen-bond donors (Lipinski definition) is 3. The number of benzene rings is 1. The molecule has 0 spiro atoms. The number of amides is 2. The predicted octanol–water partition coefficient (Wildman–Crippen LogP) is 0.569. The Morgan fingerprint density at radius 3 is 2.62 bits per heavy atom. The number of furan rings is 1. The van der Waals surface area contributed by atoms with Crippen LogP contribution in [0.15, 0.2) is 58.5 Å². The van der Waals surface area contributed by atoms with E-state index in [1.807, 2.05) is 18.2 Å². The second kappa shape index (κ2) is 8.89. The lowest BCUT2D eigenvalue weighted by atomic mass is 10.2. The maximum absolute atomic E-state index is 12.1. The quantitative estimate of drug-likeness (QED) is 0.533. The minimum Gasteiger partial charge on any atom is -0.459 e. The van der Waals surface area contributed by atoms with Crippen LogP contribution in [0.3, 0.4) is 0 Å². The monoisotopic (exact) mass is 412 g/mol. The van der Waals surface area contributed by atoms with Crippen molar-refractivity contribution < 1.29 is 18.9 Å². The average Bonchev–Trinajstić information content (AvgIpc) is 3.46. The van der Waals surface area contributed by atoms with Crippen LogP contribution in [0.25, 0.3) is 11.3 Å². The van der Waals surface area contributed by atoms with E-state index in [0.717, 1.165) is 42.6 Å². The van der Waals surface area contributed by atoms with Crippen LogP contribution in [0, 0.1) is 0 Å². The first-order chi connectivity index (χ1) is 14.2. The van der Waals surface area contributed by atoms with Gasteiger partial charge < -0.3 is 14.2 Å². The van der Waals surface area contributed by atoms with Crippen molar-refractivity contribution in [3.8, 4) is 11.3 Å². The fraction of sp³-hybridized carbons (Fsp3) is 0.250. The van der Waals surface area contributed by atoms with Crippen LogP contribution in [-0.4, -0.2) is 49.5 Å². The lowest BCUT2D eigenvalue weighted by molar-refractivity contribution is -0.892. The zero-order chi connectivity index (χ0) is 20.1. The number of hydrogen-bond acceptors (Lipinski definition) is 6. The largest absolute Gasteiger partial charge is 0.459 e. The van der Waals surface area contributed by atoms with Gasteiger partial charge in [0.15, 0.2) is 17.4 Å². The van der Waals surface area contributed by atoms with Gasteiger partial charge in [-0.05, 0) is 12.1 Å². The molecule has 1 aliphatic heterocycles. The van der Waals surface area contributed by atoms with E-state index < -0.39 is 5.91 Å². The number of carbonyl (C=O) groups is 2. The molecule has 0 saturated carbocycles. The fourth-order valence-corrected chi connectivity index (χ4v) is 4.10. The Balaban J connectivity index is 1.23. The van der Waals surface area contributed by atoms with Crippen LogP contribution in [-0.2, 0) is 4.79 Å². The van der Waals surface area contributed by atoms with Crippen LogP contribution >= 0.6 is 11.3 Å². The second-order valence-electron chi connectivity index (χ2n) is 6.77. The summed E-state index contributed by atoms with van der Waals surface area (Å²) in [5, 5.41) is 3.09. The number of rotatable bonds is 5. The van der Waals surface area contributed by atoms with Gasteiger partial charge >= 0.3 is 5.91 Å². The highest BCUT2D eigenvalue weighted by atomic mass is 32.1. The third-order valence-electron chi connectivity index (χ3n) is 4.77. The van der Waals surface area contributed by atoms with E-state index in [9.17, 15) is 9.59 Å². The molecule has 29 heavy (non-hydrogen) atoms. The molecule has 3 aromatic rings. The molecule has 2 aromatic heterocycles. The van der Waals surface area contributed by atoms with E-state index in [2.05, 4.69) is 33.3 Å². The van der Waals surface area contributed by atoms with Gasteiger partial charge in [0.1, 0.15) is 0 Å². The highest BCUT2D eigenvalue weighted by Gasteiger charge is 2.24. The molecule has 1 saturated heterocycles. The van der Waals surface area contributed by atoms with E-state index in [-0.39, 0.29) is 11.7 Å². The second-order valence-corrected chi connectivity index (χ2v) is 7.61. The molecule has 2 amide bonds. The average molecular weight is 412 g/mol. The molecule has 3 heterocycles. The van der Waals surface area contributed by atoms with Crippen molar-refractivity contribution in [3.63, 3.8) is 0 Å². The van der Waals surface area contributed by atoms with Crippen molar-refractivity contribution in [2.24, 2.45) is 0 Å². The SMILES string of the molecule is O=C(C[NH+]1CCN(c2nc(-c3ccccc3)cs2)CC1)NNC(=O)c1ccco1. The molecule has 9 heteroatoms. The zero-order valence-corrected chi connectivity index (χ0v) is 16.6. The van der Waals surface area contributed by atoms with Crippen molar-refractivity contribution in [2.45, 2.75) is 0 Å². The van der Waals surface area contributed by atoms with Gasteiger partial charge in [0.25, 0.3) is 5.91 Å². The number of quaternary nitrogens is 1. The Kier molecular flexibility index (Phi) is 5.87. The molecular formula is C20H22N5O3S+. The Bertz CT molecular complexity index is 950. The summed E-state index contributed by atoms with van der Waals surface area (Å²) in [6, 6.07) is 13.3. The summed E-state index contributed by atoms with van der Waals surface area (Å²) in [6.45, 7) is 3.64. The van der Waals surface area contributed by atoms with Gasteiger partial charge in [-0.3, -0.25) is 20.4 Å². The van der Waals surface area contributed by atoms with E-state index in [4.69, 9.17) is 9.40 Å². The first kappa shape index (κ1) is 19.2. The third-order valence-corrected chi connectivity index (χ3v) is 5.68. The molecule has 1 aromatic carbocycles. The molecule has 0 bridgehead atoms. The van der Waals surface area contributed by atoms with Crippen molar-refractivity contribution in [1.29, 1.82) is 0 Å². The van der Waals surface area contributed by atoms with Crippen LogP contribution in [0.4, 0.5) is 5.13 Å². The first-order valence-electron chi connectivity index (χ1n) is 9.41. The number of nitrogens with one attached hydrogen (secondary N) is 3. The van der Waals surface area contributed by atoms with E-state index in [1.54, 1.807) is 17.4 Å². The number of hydrazine groups is 1.